The fraction of sp³-hybridized carbons (Fsp3) is 0.500. The van der Waals surface area contributed by atoms with Crippen molar-refractivity contribution in [3.8, 4) is 0 Å². The van der Waals surface area contributed by atoms with Crippen LogP contribution in [0.25, 0.3) is 0 Å². The molecule has 2 aromatic rings. The van der Waals surface area contributed by atoms with E-state index in [-0.39, 0.29) is 16.5 Å². The first-order valence-corrected chi connectivity index (χ1v) is 11.0. The van der Waals surface area contributed by atoms with Crippen LogP contribution >= 0.6 is 11.6 Å². The van der Waals surface area contributed by atoms with Gasteiger partial charge in [0, 0.05) is 39.3 Å². The Balaban J connectivity index is 1.67. The quantitative estimate of drug-likeness (QED) is 0.673. The van der Waals surface area contributed by atoms with E-state index in [4.69, 9.17) is 11.6 Å². The molecule has 0 bridgehead atoms. The molecule has 8 heteroatoms. The first-order valence-electron chi connectivity index (χ1n) is 10.6. The van der Waals surface area contributed by atoms with Gasteiger partial charge in [0.1, 0.15) is 5.02 Å². The molecule has 0 saturated carbocycles. The number of nitrogens with zero attached hydrogens (tertiary/aromatic N) is 5. The van der Waals surface area contributed by atoms with Crippen molar-refractivity contribution in [2.75, 3.05) is 50.7 Å². The van der Waals surface area contributed by atoms with Crippen LogP contribution in [0, 0.1) is 0 Å². The molecule has 1 aromatic heterocycles. The van der Waals surface area contributed by atoms with E-state index in [0.717, 1.165) is 44.7 Å². The SMILES string of the molecule is CCN(CC)C(=O)CN1CCCN(c2cnn(Cc3ccccc3)c(=O)c2Cl)CC1. The van der Waals surface area contributed by atoms with Gasteiger partial charge in [-0.05, 0) is 25.8 Å². The highest BCUT2D eigenvalue weighted by Gasteiger charge is 2.22. The average molecular weight is 432 g/mol. The Morgan fingerprint density at radius 3 is 2.53 bits per heavy atom. The summed E-state index contributed by atoms with van der Waals surface area (Å²) in [6, 6.07) is 9.72. The van der Waals surface area contributed by atoms with Gasteiger partial charge in [0.15, 0.2) is 0 Å². The number of amides is 1. The molecule has 7 nitrogen and oxygen atoms in total. The minimum Gasteiger partial charge on any atom is -0.368 e. The van der Waals surface area contributed by atoms with Gasteiger partial charge in [-0.1, -0.05) is 41.9 Å². The number of carbonyl (C=O) groups excluding carboxylic acids is 1. The molecule has 3 rings (SSSR count). The number of likely N-dealkylation sites (N-methyl/N-ethyl adjacent to an activating group) is 1. The third kappa shape index (κ3) is 5.40. The fourth-order valence-corrected chi connectivity index (χ4v) is 4.05. The van der Waals surface area contributed by atoms with E-state index < -0.39 is 0 Å². The van der Waals surface area contributed by atoms with Gasteiger partial charge in [0.2, 0.25) is 5.91 Å². The number of hydrogen-bond acceptors (Lipinski definition) is 5. The Kier molecular flexibility index (Phi) is 7.87. The van der Waals surface area contributed by atoms with Crippen LogP contribution in [0.4, 0.5) is 5.69 Å². The van der Waals surface area contributed by atoms with Gasteiger partial charge in [-0.3, -0.25) is 14.5 Å². The maximum Gasteiger partial charge on any atom is 0.287 e. The smallest absolute Gasteiger partial charge is 0.287 e. The Bertz CT molecular complexity index is 898. The standard InChI is InChI=1S/C22H30ClN5O2/c1-3-26(4-2)20(29)17-25-11-8-12-27(14-13-25)19-15-24-28(22(30)21(19)23)16-18-9-6-5-7-10-18/h5-7,9-10,15H,3-4,8,11-14,16-17H2,1-2H3. The lowest BCUT2D eigenvalue weighted by atomic mass is 10.2. The first kappa shape index (κ1) is 22.3. The topological polar surface area (TPSA) is 61.7 Å². The van der Waals surface area contributed by atoms with E-state index in [1.54, 1.807) is 6.20 Å². The average Bonchev–Trinajstić information content (AvgIpc) is 2.99. The van der Waals surface area contributed by atoms with Crippen LogP contribution in [-0.4, -0.2) is 71.3 Å². The second kappa shape index (κ2) is 10.6. The highest BCUT2D eigenvalue weighted by atomic mass is 35.5. The summed E-state index contributed by atoms with van der Waals surface area (Å²) in [5.74, 6) is 0.164. The van der Waals surface area contributed by atoms with Crippen molar-refractivity contribution in [2.24, 2.45) is 0 Å². The van der Waals surface area contributed by atoms with Gasteiger partial charge < -0.3 is 9.80 Å². The van der Waals surface area contributed by atoms with Crippen molar-refractivity contribution < 1.29 is 4.79 Å². The maximum atomic E-state index is 12.8. The number of halogens is 1. The number of anilines is 1. The number of benzene rings is 1. The molecule has 0 radical (unpaired) electrons. The van der Waals surface area contributed by atoms with E-state index in [1.807, 2.05) is 49.1 Å². The fourth-order valence-electron chi connectivity index (χ4n) is 3.78. The highest BCUT2D eigenvalue weighted by molar-refractivity contribution is 6.33. The summed E-state index contributed by atoms with van der Waals surface area (Å²) in [6.45, 7) is 9.36. The zero-order valence-electron chi connectivity index (χ0n) is 17.8. The van der Waals surface area contributed by atoms with Crippen LogP contribution in [-0.2, 0) is 11.3 Å². The molecule has 1 fully saturated rings. The molecule has 1 aliphatic heterocycles. The van der Waals surface area contributed by atoms with Gasteiger partial charge in [-0.15, -0.1) is 0 Å². The van der Waals surface area contributed by atoms with Crippen LogP contribution in [0.5, 0.6) is 0 Å². The maximum absolute atomic E-state index is 12.8. The van der Waals surface area contributed by atoms with Gasteiger partial charge in [0.25, 0.3) is 5.56 Å². The lowest BCUT2D eigenvalue weighted by Gasteiger charge is -2.26. The molecule has 0 aliphatic carbocycles. The van der Waals surface area contributed by atoms with Gasteiger partial charge >= 0.3 is 0 Å². The molecule has 1 aromatic carbocycles. The van der Waals surface area contributed by atoms with Gasteiger partial charge in [-0.2, -0.15) is 5.10 Å². The summed E-state index contributed by atoms with van der Waals surface area (Å²) in [4.78, 5) is 31.3. The van der Waals surface area contributed by atoms with Gasteiger partial charge in [-0.25, -0.2) is 4.68 Å². The zero-order valence-corrected chi connectivity index (χ0v) is 18.5. The zero-order chi connectivity index (χ0) is 21.5. The van der Waals surface area contributed by atoms with Crippen molar-refractivity contribution in [1.82, 2.24) is 19.6 Å². The summed E-state index contributed by atoms with van der Waals surface area (Å²) >= 11 is 6.46. The third-order valence-corrected chi connectivity index (χ3v) is 5.90. The Morgan fingerprint density at radius 1 is 1.10 bits per heavy atom. The Labute approximate surface area is 182 Å². The summed E-state index contributed by atoms with van der Waals surface area (Å²) in [5.41, 5.74) is 1.39. The van der Waals surface area contributed by atoms with E-state index in [0.29, 0.717) is 25.3 Å². The number of carbonyl (C=O) groups is 1. The molecule has 0 unspecified atom stereocenters. The molecular formula is C22H30ClN5O2. The minimum atomic E-state index is -0.282. The predicted molar refractivity (Wildman–Crippen MR) is 120 cm³/mol. The number of hydrogen-bond donors (Lipinski definition) is 0. The van der Waals surface area contributed by atoms with Crippen molar-refractivity contribution in [2.45, 2.75) is 26.8 Å². The van der Waals surface area contributed by atoms with Crippen LogP contribution < -0.4 is 10.5 Å². The summed E-state index contributed by atoms with van der Waals surface area (Å²) in [5, 5.41) is 4.56. The van der Waals surface area contributed by atoms with Gasteiger partial charge in [0.05, 0.1) is 25.0 Å². The molecule has 0 atom stereocenters. The lowest BCUT2D eigenvalue weighted by Crippen LogP contribution is -2.41. The van der Waals surface area contributed by atoms with Crippen LogP contribution in [0.1, 0.15) is 25.8 Å². The van der Waals surface area contributed by atoms with E-state index in [9.17, 15) is 9.59 Å². The molecule has 2 heterocycles. The van der Waals surface area contributed by atoms with Crippen LogP contribution in [0.2, 0.25) is 5.02 Å². The molecule has 0 spiro atoms. The summed E-state index contributed by atoms with van der Waals surface area (Å²) in [7, 11) is 0. The molecule has 30 heavy (non-hydrogen) atoms. The molecule has 1 aliphatic rings. The Hall–Kier alpha value is -2.38. The van der Waals surface area contributed by atoms with Crippen molar-refractivity contribution in [3.63, 3.8) is 0 Å². The van der Waals surface area contributed by atoms with Crippen LogP contribution in [0.15, 0.2) is 41.3 Å². The monoisotopic (exact) mass is 431 g/mol. The normalized spacial score (nSPS) is 15.1. The Morgan fingerprint density at radius 2 is 1.83 bits per heavy atom. The van der Waals surface area contributed by atoms with Crippen molar-refractivity contribution in [3.05, 3.63) is 57.5 Å². The highest BCUT2D eigenvalue weighted by Crippen LogP contribution is 2.22. The molecule has 162 valence electrons. The summed E-state index contributed by atoms with van der Waals surface area (Å²) < 4.78 is 1.40. The molecule has 1 saturated heterocycles. The van der Waals surface area contributed by atoms with Crippen molar-refractivity contribution in [1.29, 1.82) is 0 Å². The summed E-state index contributed by atoms with van der Waals surface area (Å²) in [6.07, 6.45) is 2.58. The van der Waals surface area contributed by atoms with E-state index in [1.165, 1.54) is 4.68 Å². The number of rotatable bonds is 7. The molecular weight excluding hydrogens is 402 g/mol. The second-order valence-electron chi connectivity index (χ2n) is 7.47. The minimum absolute atomic E-state index is 0.164. The second-order valence-corrected chi connectivity index (χ2v) is 7.85. The third-order valence-electron chi connectivity index (χ3n) is 5.55. The van der Waals surface area contributed by atoms with E-state index in [2.05, 4.69) is 14.9 Å². The largest absolute Gasteiger partial charge is 0.368 e. The predicted octanol–water partition coefficient (Wildman–Crippen LogP) is 2.33. The van der Waals surface area contributed by atoms with E-state index >= 15 is 0 Å². The van der Waals surface area contributed by atoms with Crippen molar-refractivity contribution >= 4 is 23.2 Å². The molecule has 1 amide bonds. The lowest BCUT2D eigenvalue weighted by molar-refractivity contribution is -0.132. The first-order chi connectivity index (χ1) is 14.5. The van der Waals surface area contributed by atoms with Crippen LogP contribution in [0.3, 0.4) is 0 Å². The molecule has 0 N–H and O–H groups in total. The number of aromatic nitrogens is 2.